The molecule has 0 radical (unpaired) electrons. The van der Waals surface area contributed by atoms with Crippen molar-refractivity contribution in [1.29, 1.82) is 0 Å². The maximum Gasteiger partial charge on any atom is 0.259 e. The fraction of sp³-hybridized carbons (Fsp3) is 0.412. The lowest BCUT2D eigenvalue weighted by Crippen LogP contribution is -2.38. The van der Waals surface area contributed by atoms with Crippen LogP contribution in [0.5, 0.6) is 0 Å². The fourth-order valence-corrected chi connectivity index (χ4v) is 2.20. The second-order valence-corrected chi connectivity index (χ2v) is 6.59. The van der Waals surface area contributed by atoms with Gasteiger partial charge < -0.3 is 25.0 Å². The third-order valence-corrected chi connectivity index (χ3v) is 3.56. The van der Waals surface area contributed by atoms with Gasteiger partial charge in [0.05, 0.1) is 12.2 Å². The number of amides is 1. The van der Waals surface area contributed by atoms with Crippen LogP contribution in [0.15, 0.2) is 28.8 Å². The number of methoxy groups -OCH3 is 1. The van der Waals surface area contributed by atoms with Crippen LogP contribution in [0.3, 0.4) is 0 Å². The van der Waals surface area contributed by atoms with Gasteiger partial charge >= 0.3 is 0 Å². The number of aromatic nitrogens is 1. The fourth-order valence-electron chi connectivity index (χ4n) is 2.08. The Kier molecular flexibility index (Phi) is 6.41. The molecule has 0 spiro atoms. The van der Waals surface area contributed by atoms with Crippen molar-refractivity contribution >= 4 is 23.3 Å². The number of carbonyl (C=O) groups excluding carboxylic acids is 1. The lowest BCUT2D eigenvalue weighted by atomic mass is 10.1. The molecule has 0 unspecified atom stereocenters. The van der Waals surface area contributed by atoms with Crippen LogP contribution in [0.25, 0.3) is 11.3 Å². The van der Waals surface area contributed by atoms with Gasteiger partial charge in [0, 0.05) is 30.8 Å². The molecule has 1 aromatic heterocycles. The number of ether oxygens (including phenoxy) is 1. The predicted octanol–water partition coefficient (Wildman–Crippen LogP) is 2.55. The van der Waals surface area contributed by atoms with E-state index < -0.39 is 11.5 Å². The van der Waals surface area contributed by atoms with E-state index in [0.717, 1.165) is 0 Å². The van der Waals surface area contributed by atoms with Crippen LogP contribution in [0.4, 0.5) is 5.82 Å². The van der Waals surface area contributed by atoms with Crippen LogP contribution >= 0.6 is 11.6 Å². The molecule has 1 aromatic carbocycles. The minimum atomic E-state index is -1.03. The molecule has 8 heteroatoms. The van der Waals surface area contributed by atoms with Crippen LogP contribution in [0.2, 0.25) is 5.02 Å². The van der Waals surface area contributed by atoms with Crippen LogP contribution in [0, 0.1) is 0 Å². The van der Waals surface area contributed by atoms with Gasteiger partial charge in [-0.05, 0) is 38.1 Å². The molecular formula is C17H22ClN3O4. The third kappa shape index (κ3) is 5.45. The summed E-state index contributed by atoms with van der Waals surface area (Å²) in [5.41, 5.74) is -0.0931. The normalized spacial score (nSPS) is 11.4. The first kappa shape index (κ1) is 19.2. The Hall–Kier alpha value is -2.09. The van der Waals surface area contributed by atoms with E-state index >= 15 is 0 Å². The Morgan fingerprint density at radius 3 is 2.64 bits per heavy atom. The average Bonchev–Trinajstić information content (AvgIpc) is 2.97. The highest BCUT2D eigenvalue weighted by Gasteiger charge is 2.25. The van der Waals surface area contributed by atoms with E-state index in [4.69, 9.17) is 20.9 Å². The maximum absolute atomic E-state index is 12.6. The van der Waals surface area contributed by atoms with Crippen LogP contribution in [0.1, 0.15) is 24.2 Å². The number of carbonyl (C=O) groups is 1. The monoisotopic (exact) mass is 367 g/mol. The van der Waals surface area contributed by atoms with Gasteiger partial charge in [0.15, 0.2) is 11.6 Å². The average molecular weight is 368 g/mol. The first-order valence-corrected chi connectivity index (χ1v) is 8.18. The maximum atomic E-state index is 12.6. The molecule has 0 saturated carbocycles. The Bertz CT molecular complexity index is 708. The number of nitrogens with one attached hydrogen (secondary N) is 2. The molecular weight excluding hydrogens is 346 g/mol. The van der Waals surface area contributed by atoms with E-state index in [-0.39, 0.29) is 12.1 Å². The van der Waals surface area contributed by atoms with Gasteiger partial charge in [0.2, 0.25) is 0 Å². The number of benzene rings is 1. The SMILES string of the molecule is COCCNc1noc(-c2ccc(Cl)cc2)c1C(=O)NCC(C)(C)O. The van der Waals surface area contributed by atoms with Crippen molar-refractivity contribution in [3.8, 4) is 11.3 Å². The lowest BCUT2D eigenvalue weighted by Gasteiger charge is -2.17. The summed E-state index contributed by atoms with van der Waals surface area (Å²) in [4.78, 5) is 12.6. The van der Waals surface area contributed by atoms with Gasteiger partial charge in [-0.2, -0.15) is 0 Å². The van der Waals surface area contributed by atoms with Crippen molar-refractivity contribution in [1.82, 2.24) is 10.5 Å². The van der Waals surface area contributed by atoms with E-state index in [1.165, 1.54) is 0 Å². The summed E-state index contributed by atoms with van der Waals surface area (Å²) in [6.45, 7) is 4.23. The van der Waals surface area contributed by atoms with Gasteiger partial charge in [-0.25, -0.2) is 0 Å². The largest absolute Gasteiger partial charge is 0.389 e. The van der Waals surface area contributed by atoms with Crippen molar-refractivity contribution in [2.24, 2.45) is 0 Å². The third-order valence-electron chi connectivity index (χ3n) is 3.31. The van der Waals surface area contributed by atoms with E-state index in [9.17, 15) is 9.90 Å². The standard InChI is InChI=1S/C17H22ClN3O4/c1-17(2,23)10-20-16(22)13-14(11-4-6-12(18)7-5-11)25-21-15(13)19-8-9-24-3/h4-7,23H,8-10H2,1-3H3,(H,19,21)(H,20,22). The van der Waals surface area contributed by atoms with Crippen molar-refractivity contribution < 1.29 is 19.2 Å². The zero-order valence-corrected chi connectivity index (χ0v) is 15.2. The molecule has 0 aliphatic carbocycles. The molecule has 2 rings (SSSR count). The van der Waals surface area contributed by atoms with Crippen LogP contribution < -0.4 is 10.6 Å². The van der Waals surface area contributed by atoms with Crippen LogP contribution in [-0.2, 0) is 4.74 Å². The molecule has 7 nitrogen and oxygen atoms in total. The summed E-state index contributed by atoms with van der Waals surface area (Å²) in [7, 11) is 1.58. The predicted molar refractivity (Wildman–Crippen MR) is 95.9 cm³/mol. The van der Waals surface area contributed by atoms with Gasteiger partial charge in [-0.3, -0.25) is 4.79 Å². The topological polar surface area (TPSA) is 96.6 Å². The van der Waals surface area contributed by atoms with Crippen molar-refractivity contribution in [3.63, 3.8) is 0 Å². The molecule has 0 atom stereocenters. The van der Waals surface area contributed by atoms with Gasteiger partial charge in [0.25, 0.3) is 5.91 Å². The van der Waals surface area contributed by atoms with Gasteiger partial charge in [-0.1, -0.05) is 16.8 Å². The highest BCUT2D eigenvalue weighted by molar-refractivity contribution is 6.30. The second-order valence-electron chi connectivity index (χ2n) is 6.16. The van der Waals surface area contributed by atoms with Crippen molar-refractivity contribution in [3.05, 3.63) is 34.9 Å². The van der Waals surface area contributed by atoms with E-state index in [2.05, 4.69) is 15.8 Å². The smallest absolute Gasteiger partial charge is 0.259 e. The molecule has 0 aliphatic heterocycles. The summed E-state index contributed by atoms with van der Waals surface area (Å²) in [5, 5.41) is 20.1. The number of anilines is 1. The second kappa shape index (κ2) is 8.33. The summed E-state index contributed by atoms with van der Waals surface area (Å²) in [6, 6.07) is 6.90. The zero-order chi connectivity index (χ0) is 18.4. The molecule has 1 heterocycles. The summed E-state index contributed by atoms with van der Waals surface area (Å²) in [5.74, 6) is 0.244. The minimum absolute atomic E-state index is 0.0918. The van der Waals surface area contributed by atoms with Crippen molar-refractivity contribution in [2.45, 2.75) is 19.4 Å². The molecule has 0 fully saturated rings. The zero-order valence-electron chi connectivity index (χ0n) is 14.4. The Morgan fingerprint density at radius 2 is 2.04 bits per heavy atom. The molecule has 1 amide bonds. The highest BCUT2D eigenvalue weighted by atomic mass is 35.5. The van der Waals surface area contributed by atoms with Crippen LogP contribution in [-0.4, -0.2) is 48.6 Å². The summed E-state index contributed by atoms with van der Waals surface area (Å²) in [6.07, 6.45) is 0. The molecule has 136 valence electrons. The molecule has 0 saturated heterocycles. The molecule has 2 aromatic rings. The first-order chi connectivity index (χ1) is 11.8. The number of nitrogens with zero attached hydrogens (tertiary/aromatic N) is 1. The minimum Gasteiger partial charge on any atom is -0.389 e. The Labute approximate surface area is 151 Å². The molecule has 0 bridgehead atoms. The quantitative estimate of drug-likeness (QED) is 0.620. The Balaban J connectivity index is 2.32. The summed E-state index contributed by atoms with van der Waals surface area (Å²) >= 11 is 5.91. The first-order valence-electron chi connectivity index (χ1n) is 7.81. The number of rotatable bonds is 8. The van der Waals surface area contributed by atoms with Gasteiger partial charge in [-0.15, -0.1) is 0 Å². The van der Waals surface area contributed by atoms with Crippen molar-refractivity contribution in [2.75, 3.05) is 32.1 Å². The number of halogens is 1. The lowest BCUT2D eigenvalue weighted by molar-refractivity contribution is 0.0694. The number of hydrogen-bond donors (Lipinski definition) is 3. The van der Waals surface area contributed by atoms with E-state index in [1.807, 2.05) is 0 Å². The van der Waals surface area contributed by atoms with Gasteiger partial charge in [0.1, 0.15) is 5.56 Å². The molecule has 0 aliphatic rings. The van der Waals surface area contributed by atoms with E-state index in [0.29, 0.717) is 35.3 Å². The highest BCUT2D eigenvalue weighted by Crippen LogP contribution is 2.30. The number of aliphatic hydroxyl groups is 1. The molecule has 3 N–H and O–H groups in total. The summed E-state index contributed by atoms with van der Waals surface area (Å²) < 4.78 is 10.4. The number of hydrogen-bond acceptors (Lipinski definition) is 6. The molecule has 25 heavy (non-hydrogen) atoms. The Morgan fingerprint density at radius 1 is 1.36 bits per heavy atom. The van der Waals surface area contributed by atoms with E-state index in [1.54, 1.807) is 45.2 Å².